The maximum atomic E-state index is 14.1. The Balaban J connectivity index is 2.61. The minimum Gasteiger partial charge on any atom is -0.481 e. The minimum absolute atomic E-state index is 0.229. The van der Waals surface area contributed by atoms with Gasteiger partial charge in [-0.1, -0.05) is 6.07 Å². The highest BCUT2D eigenvalue weighted by Crippen LogP contribution is 2.32. The van der Waals surface area contributed by atoms with Gasteiger partial charge in [0.25, 0.3) is 0 Å². The van der Waals surface area contributed by atoms with Gasteiger partial charge < -0.3 is 5.11 Å². The van der Waals surface area contributed by atoms with E-state index in [4.69, 9.17) is 5.11 Å². The van der Waals surface area contributed by atoms with Gasteiger partial charge in [-0.05, 0) is 36.9 Å². The van der Waals surface area contributed by atoms with E-state index in [-0.39, 0.29) is 11.1 Å². The largest absolute Gasteiger partial charge is 0.481 e. The Labute approximate surface area is 135 Å². The fourth-order valence-corrected chi connectivity index (χ4v) is 2.37. The summed E-state index contributed by atoms with van der Waals surface area (Å²) in [4.78, 5) is 10.9. The van der Waals surface area contributed by atoms with Crippen LogP contribution >= 0.6 is 0 Å². The summed E-state index contributed by atoms with van der Waals surface area (Å²) in [6.07, 6.45) is -0.569. The van der Waals surface area contributed by atoms with E-state index in [0.717, 1.165) is 24.3 Å². The average molecular weight is 342 g/mol. The number of rotatable bonds is 6. The van der Waals surface area contributed by atoms with Crippen molar-refractivity contribution in [1.82, 2.24) is 10.9 Å². The zero-order chi connectivity index (χ0) is 17.9. The van der Waals surface area contributed by atoms with Crippen LogP contribution in [0.1, 0.15) is 18.0 Å². The molecule has 0 saturated carbocycles. The first kappa shape index (κ1) is 17.9. The Hall–Kier alpha value is -2.45. The van der Waals surface area contributed by atoms with Crippen molar-refractivity contribution in [2.24, 2.45) is 0 Å². The molecule has 8 heteroatoms. The van der Waals surface area contributed by atoms with Crippen molar-refractivity contribution in [3.05, 3.63) is 59.2 Å². The Kier molecular flexibility index (Phi) is 5.53. The van der Waals surface area contributed by atoms with Crippen molar-refractivity contribution in [2.75, 3.05) is 7.05 Å². The van der Waals surface area contributed by atoms with Crippen LogP contribution in [0.3, 0.4) is 0 Å². The summed E-state index contributed by atoms with van der Waals surface area (Å²) in [5.41, 5.74) is 3.83. The number of carboxylic acids is 1. The monoisotopic (exact) mass is 342 g/mol. The summed E-state index contributed by atoms with van der Waals surface area (Å²) in [6.45, 7) is 0. The number of halogens is 4. The highest BCUT2D eigenvalue weighted by Gasteiger charge is 2.23. The van der Waals surface area contributed by atoms with Gasteiger partial charge in [0.05, 0.1) is 18.0 Å². The van der Waals surface area contributed by atoms with E-state index in [2.05, 4.69) is 10.9 Å². The smallest absolute Gasteiger partial charge is 0.305 e. The fourth-order valence-electron chi connectivity index (χ4n) is 2.37. The normalized spacial score (nSPS) is 12.2. The lowest BCUT2D eigenvalue weighted by molar-refractivity contribution is -0.137. The van der Waals surface area contributed by atoms with Crippen molar-refractivity contribution in [3.8, 4) is 11.1 Å². The predicted octanol–water partition coefficient (Wildman–Crippen LogP) is 3.15. The standard InChI is InChI=1S/C16H14F4N2O2/c1-21-22-13(7-14(23)24)9-5-8(6-12(19)16(9)20)15-10(17)3-2-4-11(15)18/h2-6,13,21-22H,7H2,1H3,(H,23,24)/t13-/m0/s1. The molecule has 0 aliphatic rings. The third-order valence-corrected chi connectivity index (χ3v) is 3.38. The summed E-state index contributed by atoms with van der Waals surface area (Å²) in [7, 11) is 1.42. The third-order valence-electron chi connectivity index (χ3n) is 3.38. The molecule has 2 aromatic rings. The number of hydrazine groups is 1. The van der Waals surface area contributed by atoms with Crippen LogP contribution in [0, 0.1) is 23.3 Å². The number of nitrogens with one attached hydrogen (secondary N) is 2. The summed E-state index contributed by atoms with van der Waals surface area (Å²) in [6, 6.07) is 3.66. The van der Waals surface area contributed by atoms with Crippen LogP contribution in [0.25, 0.3) is 11.1 Å². The van der Waals surface area contributed by atoms with Gasteiger partial charge in [0, 0.05) is 5.56 Å². The molecular formula is C16H14F4N2O2. The molecule has 0 bridgehead atoms. The van der Waals surface area contributed by atoms with Crippen molar-refractivity contribution >= 4 is 5.97 Å². The second-order valence-corrected chi connectivity index (χ2v) is 5.00. The molecule has 0 amide bonds. The highest BCUT2D eigenvalue weighted by atomic mass is 19.2. The van der Waals surface area contributed by atoms with Gasteiger partial charge in [-0.3, -0.25) is 10.2 Å². The summed E-state index contributed by atoms with van der Waals surface area (Å²) in [5.74, 6) is -5.76. The Morgan fingerprint density at radius 1 is 1.12 bits per heavy atom. The van der Waals surface area contributed by atoms with E-state index in [9.17, 15) is 22.4 Å². The van der Waals surface area contributed by atoms with Crippen LogP contribution in [0.15, 0.2) is 30.3 Å². The molecule has 0 unspecified atom stereocenters. The molecule has 2 aromatic carbocycles. The molecule has 0 saturated heterocycles. The molecular weight excluding hydrogens is 328 g/mol. The molecule has 0 spiro atoms. The average Bonchev–Trinajstić information content (AvgIpc) is 2.49. The lowest BCUT2D eigenvalue weighted by atomic mass is 9.96. The number of hydrogen-bond donors (Lipinski definition) is 3. The first-order valence-electron chi connectivity index (χ1n) is 6.92. The van der Waals surface area contributed by atoms with Crippen LogP contribution in [-0.4, -0.2) is 18.1 Å². The van der Waals surface area contributed by atoms with Crippen molar-refractivity contribution in [3.63, 3.8) is 0 Å². The molecule has 0 aliphatic heterocycles. The van der Waals surface area contributed by atoms with E-state index >= 15 is 0 Å². The van der Waals surface area contributed by atoms with Crippen molar-refractivity contribution < 1.29 is 27.5 Å². The van der Waals surface area contributed by atoms with E-state index < -0.39 is 47.3 Å². The van der Waals surface area contributed by atoms with Crippen LogP contribution < -0.4 is 10.9 Å². The van der Waals surface area contributed by atoms with Gasteiger partial charge >= 0.3 is 5.97 Å². The highest BCUT2D eigenvalue weighted by molar-refractivity contribution is 5.69. The lowest BCUT2D eigenvalue weighted by Crippen LogP contribution is -2.34. The van der Waals surface area contributed by atoms with E-state index in [0.29, 0.717) is 6.07 Å². The number of carbonyl (C=O) groups is 1. The maximum Gasteiger partial charge on any atom is 0.305 e. The Morgan fingerprint density at radius 2 is 1.75 bits per heavy atom. The SMILES string of the molecule is CNN[C@@H](CC(=O)O)c1cc(-c2c(F)cccc2F)cc(F)c1F. The second kappa shape index (κ2) is 7.41. The van der Waals surface area contributed by atoms with E-state index in [1.165, 1.54) is 7.05 Å². The summed E-state index contributed by atoms with van der Waals surface area (Å²) < 4.78 is 55.8. The van der Waals surface area contributed by atoms with Gasteiger partial charge in [-0.25, -0.2) is 23.0 Å². The topological polar surface area (TPSA) is 61.4 Å². The predicted molar refractivity (Wildman–Crippen MR) is 78.9 cm³/mol. The molecule has 0 fully saturated rings. The molecule has 0 radical (unpaired) electrons. The second-order valence-electron chi connectivity index (χ2n) is 5.00. The molecule has 1 atom stereocenters. The van der Waals surface area contributed by atoms with Crippen LogP contribution in [0.5, 0.6) is 0 Å². The van der Waals surface area contributed by atoms with E-state index in [1.54, 1.807) is 0 Å². The molecule has 0 heterocycles. The van der Waals surface area contributed by atoms with Gasteiger partial charge in [0.2, 0.25) is 0 Å². The molecule has 3 N–H and O–H groups in total. The quantitative estimate of drug-likeness (QED) is 0.558. The van der Waals surface area contributed by atoms with E-state index in [1.807, 2.05) is 0 Å². The van der Waals surface area contributed by atoms with Crippen molar-refractivity contribution in [2.45, 2.75) is 12.5 Å². The molecule has 0 aliphatic carbocycles. The zero-order valence-electron chi connectivity index (χ0n) is 12.5. The van der Waals surface area contributed by atoms with Crippen molar-refractivity contribution in [1.29, 1.82) is 0 Å². The first-order valence-corrected chi connectivity index (χ1v) is 6.92. The molecule has 24 heavy (non-hydrogen) atoms. The number of aliphatic carboxylic acids is 1. The maximum absolute atomic E-state index is 14.1. The number of benzene rings is 2. The van der Waals surface area contributed by atoms with Crippen LogP contribution in [-0.2, 0) is 4.79 Å². The van der Waals surface area contributed by atoms with Gasteiger partial charge in [0.1, 0.15) is 11.6 Å². The molecule has 0 aromatic heterocycles. The Bertz CT molecular complexity index is 748. The number of hydrogen-bond acceptors (Lipinski definition) is 3. The van der Waals surface area contributed by atoms with Gasteiger partial charge in [0.15, 0.2) is 11.6 Å². The molecule has 4 nitrogen and oxygen atoms in total. The lowest BCUT2D eigenvalue weighted by Gasteiger charge is -2.19. The van der Waals surface area contributed by atoms with Gasteiger partial charge in [-0.2, -0.15) is 0 Å². The van der Waals surface area contributed by atoms with Crippen LogP contribution in [0.2, 0.25) is 0 Å². The molecule has 2 rings (SSSR count). The number of carboxylic acid groups (broad SMARTS) is 1. The molecule has 128 valence electrons. The minimum atomic E-state index is -1.33. The zero-order valence-corrected chi connectivity index (χ0v) is 12.5. The first-order chi connectivity index (χ1) is 11.3. The summed E-state index contributed by atoms with van der Waals surface area (Å²) in [5, 5.41) is 8.90. The summed E-state index contributed by atoms with van der Waals surface area (Å²) >= 11 is 0. The third kappa shape index (κ3) is 3.72. The van der Waals surface area contributed by atoms with Crippen LogP contribution in [0.4, 0.5) is 17.6 Å². The van der Waals surface area contributed by atoms with Gasteiger partial charge in [-0.15, -0.1) is 0 Å². The Morgan fingerprint density at radius 3 is 2.29 bits per heavy atom. The fraction of sp³-hybridized carbons (Fsp3) is 0.188.